The molecule has 3 aromatic rings. The van der Waals surface area contributed by atoms with E-state index in [1.807, 2.05) is 18.2 Å². The highest BCUT2D eigenvalue weighted by Crippen LogP contribution is 2.35. The quantitative estimate of drug-likeness (QED) is 0.726. The Bertz CT molecular complexity index is 850. The predicted octanol–water partition coefficient (Wildman–Crippen LogP) is 3.70. The molecule has 1 aromatic heterocycles. The number of rotatable bonds is 4. The minimum Gasteiger partial charge on any atom is -0.484 e. The maximum Gasteiger partial charge on any atom is 0.264 e. The third-order valence-corrected chi connectivity index (χ3v) is 3.62. The number of fused-ring (bicyclic) bond motifs is 1. The molecule has 0 atom stereocenters. The van der Waals surface area contributed by atoms with Crippen LogP contribution in [-0.2, 0) is 6.61 Å². The maximum absolute atomic E-state index is 6.12. The molecule has 0 saturated carbocycles. The minimum atomic E-state index is 0.150. The van der Waals surface area contributed by atoms with Crippen molar-refractivity contribution in [2.75, 3.05) is 6.79 Å². The molecule has 1 aliphatic rings. The lowest BCUT2D eigenvalue weighted by molar-refractivity contribution is 0.173. The van der Waals surface area contributed by atoms with E-state index in [0.717, 1.165) is 0 Å². The fraction of sp³-hybridized carbons (Fsp3) is 0.125. The van der Waals surface area contributed by atoms with Crippen molar-refractivity contribution < 1.29 is 18.7 Å². The molecule has 0 N–H and O–H groups in total. The molecule has 116 valence electrons. The Morgan fingerprint density at radius 2 is 1.96 bits per heavy atom. The average Bonchev–Trinajstić information content (AvgIpc) is 3.22. The van der Waals surface area contributed by atoms with E-state index in [9.17, 15) is 0 Å². The molecular weight excluding hydrogens is 320 g/mol. The molecule has 0 fully saturated rings. The fourth-order valence-corrected chi connectivity index (χ4v) is 2.40. The zero-order valence-corrected chi connectivity index (χ0v) is 12.6. The lowest BCUT2D eigenvalue weighted by Crippen LogP contribution is -1.96. The molecule has 7 heteroatoms. The van der Waals surface area contributed by atoms with E-state index in [-0.39, 0.29) is 13.4 Å². The molecule has 4 rings (SSSR count). The van der Waals surface area contributed by atoms with Gasteiger partial charge in [0.25, 0.3) is 5.89 Å². The summed E-state index contributed by atoms with van der Waals surface area (Å²) in [5, 5.41) is 4.49. The van der Waals surface area contributed by atoms with E-state index < -0.39 is 0 Å². The van der Waals surface area contributed by atoms with Crippen molar-refractivity contribution in [2.24, 2.45) is 0 Å². The summed E-state index contributed by atoms with van der Waals surface area (Å²) >= 11 is 6.12. The van der Waals surface area contributed by atoms with Gasteiger partial charge in [-0.2, -0.15) is 4.98 Å². The molecule has 23 heavy (non-hydrogen) atoms. The van der Waals surface area contributed by atoms with Gasteiger partial charge in [-0.05, 0) is 24.3 Å². The molecule has 0 saturated heterocycles. The van der Waals surface area contributed by atoms with Crippen LogP contribution in [-0.4, -0.2) is 16.9 Å². The molecule has 1 aliphatic heterocycles. The highest BCUT2D eigenvalue weighted by Gasteiger charge is 2.15. The molecule has 0 radical (unpaired) electrons. The van der Waals surface area contributed by atoms with Gasteiger partial charge in [0.2, 0.25) is 12.6 Å². The highest BCUT2D eigenvalue weighted by molar-refractivity contribution is 6.33. The molecular formula is C16H11ClN2O4. The predicted molar refractivity (Wildman–Crippen MR) is 81.6 cm³/mol. The Morgan fingerprint density at radius 3 is 2.87 bits per heavy atom. The van der Waals surface area contributed by atoms with Crippen LogP contribution in [0.4, 0.5) is 0 Å². The number of hydrogen-bond donors (Lipinski definition) is 0. The van der Waals surface area contributed by atoms with Crippen LogP contribution in [0.25, 0.3) is 11.4 Å². The Kier molecular flexibility index (Phi) is 3.51. The zero-order valence-electron chi connectivity index (χ0n) is 11.9. The second kappa shape index (κ2) is 5.81. The van der Waals surface area contributed by atoms with Gasteiger partial charge in [0.15, 0.2) is 18.1 Å². The second-order valence-electron chi connectivity index (χ2n) is 4.80. The van der Waals surface area contributed by atoms with Gasteiger partial charge >= 0.3 is 0 Å². The van der Waals surface area contributed by atoms with Crippen molar-refractivity contribution in [3.05, 3.63) is 53.4 Å². The van der Waals surface area contributed by atoms with Crippen LogP contribution in [0.5, 0.6) is 17.2 Å². The lowest BCUT2D eigenvalue weighted by Gasteiger charge is -2.03. The maximum atomic E-state index is 6.12. The summed E-state index contributed by atoms with van der Waals surface area (Å²) in [6.45, 7) is 0.376. The first-order valence-corrected chi connectivity index (χ1v) is 7.27. The Morgan fingerprint density at radius 1 is 1.09 bits per heavy atom. The monoisotopic (exact) mass is 330 g/mol. The summed E-state index contributed by atoms with van der Waals surface area (Å²) in [6, 6.07) is 12.6. The van der Waals surface area contributed by atoms with Crippen molar-refractivity contribution in [3.63, 3.8) is 0 Å². The van der Waals surface area contributed by atoms with Gasteiger partial charge in [-0.3, -0.25) is 0 Å². The fourth-order valence-electron chi connectivity index (χ4n) is 2.18. The lowest BCUT2D eigenvalue weighted by atomic mass is 10.2. The van der Waals surface area contributed by atoms with Gasteiger partial charge in [-0.25, -0.2) is 0 Å². The Hall–Kier alpha value is -2.73. The van der Waals surface area contributed by atoms with Crippen LogP contribution in [0.1, 0.15) is 5.89 Å². The molecule has 0 aliphatic carbocycles. The van der Waals surface area contributed by atoms with Gasteiger partial charge in [0, 0.05) is 11.6 Å². The second-order valence-corrected chi connectivity index (χ2v) is 5.20. The molecule has 6 nitrogen and oxygen atoms in total. The SMILES string of the molecule is Clc1ccccc1-c1noc(COc2ccc3c(c2)OCO3)n1. The van der Waals surface area contributed by atoms with Crippen LogP contribution in [0.15, 0.2) is 47.0 Å². The smallest absolute Gasteiger partial charge is 0.264 e. The number of halogens is 1. The number of benzene rings is 2. The summed E-state index contributed by atoms with van der Waals surface area (Å²) in [5.41, 5.74) is 0.715. The number of nitrogens with zero attached hydrogens (tertiary/aromatic N) is 2. The largest absolute Gasteiger partial charge is 0.484 e. The first kappa shape index (κ1) is 13.9. The summed E-state index contributed by atoms with van der Waals surface area (Å²) in [6.07, 6.45) is 0. The summed E-state index contributed by atoms with van der Waals surface area (Å²) < 4.78 is 21.4. The van der Waals surface area contributed by atoms with Gasteiger partial charge in [0.05, 0.1) is 5.02 Å². The third kappa shape index (κ3) is 2.80. The van der Waals surface area contributed by atoms with E-state index >= 15 is 0 Å². The summed E-state index contributed by atoms with van der Waals surface area (Å²) in [4.78, 5) is 4.29. The van der Waals surface area contributed by atoms with E-state index in [1.165, 1.54) is 0 Å². The molecule has 2 heterocycles. The van der Waals surface area contributed by atoms with Crippen molar-refractivity contribution in [1.82, 2.24) is 10.1 Å². The third-order valence-electron chi connectivity index (χ3n) is 3.29. The van der Waals surface area contributed by atoms with Gasteiger partial charge in [0.1, 0.15) is 5.75 Å². The van der Waals surface area contributed by atoms with Gasteiger partial charge in [-0.15, -0.1) is 0 Å². The summed E-state index contributed by atoms with van der Waals surface area (Å²) in [5.74, 6) is 2.78. The molecule has 0 unspecified atom stereocenters. The molecule has 0 bridgehead atoms. The van der Waals surface area contributed by atoms with Gasteiger partial charge < -0.3 is 18.7 Å². The van der Waals surface area contributed by atoms with Crippen molar-refractivity contribution in [1.29, 1.82) is 0 Å². The van der Waals surface area contributed by atoms with Crippen molar-refractivity contribution >= 4 is 11.6 Å². The molecule has 0 amide bonds. The standard InChI is InChI=1S/C16H11ClN2O4/c17-12-4-2-1-3-11(12)16-18-15(23-19-16)8-20-10-5-6-13-14(7-10)22-9-21-13/h1-7H,8-9H2. The van der Waals surface area contributed by atoms with Crippen molar-refractivity contribution in [3.8, 4) is 28.6 Å². The van der Waals surface area contributed by atoms with Crippen LogP contribution in [0.3, 0.4) is 0 Å². The van der Waals surface area contributed by atoms with Crippen LogP contribution in [0, 0.1) is 0 Å². The number of ether oxygens (including phenoxy) is 3. The minimum absolute atomic E-state index is 0.150. The Balaban J connectivity index is 1.47. The van der Waals surface area contributed by atoms with Crippen LogP contribution in [0.2, 0.25) is 5.02 Å². The zero-order chi connectivity index (χ0) is 15.6. The van der Waals surface area contributed by atoms with E-state index in [1.54, 1.807) is 24.3 Å². The van der Waals surface area contributed by atoms with E-state index in [2.05, 4.69) is 10.1 Å². The van der Waals surface area contributed by atoms with Crippen LogP contribution < -0.4 is 14.2 Å². The van der Waals surface area contributed by atoms with E-state index in [0.29, 0.717) is 39.5 Å². The first-order valence-electron chi connectivity index (χ1n) is 6.89. The van der Waals surface area contributed by atoms with Crippen LogP contribution >= 0.6 is 11.6 Å². The topological polar surface area (TPSA) is 66.6 Å². The molecule has 2 aromatic carbocycles. The van der Waals surface area contributed by atoms with Gasteiger partial charge in [-0.1, -0.05) is 28.9 Å². The first-order chi connectivity index (χ1) is 11.3. The van der Waals surface area contributed by atoms with E-state index in [4.69, 9.17) is 30.3 Å². The number of aromatic nitrogens is 2. The normalized spacial score (nSPS) is 12.4. The highest BCUT2D eigenvalue weighted by atomic mass is 35.5. The number of hydrogen-bond acceptors (Lipinski definition) is 6. The summed E-state index contributed by atoms with van der Waals surface area (Å²) in [7, 11) is 0. The molecule has 0 spiro atoms. The average molecular weight is 331 g/mol. The Labute approximate surface area is 136 Å². The van der Waals surface area contributed by atoms with Crippen molar-refractivity contribution in [2.45, 2.75) is 6.61 Å².